The molecule has 3 aromatic rings. The third kappa shape index (κ3) is 4.58. The summed E-state index contributed by atoms with van der Waals surface area (Å²) in [7, 11) is -3.74. The Morgan fingerprint density at radius 3 is 2.14 bits per heavy atom. The zero-order valence-corrected chi connectivity index (χ0v) is 16.8. The molecular formula is C22H22N2O3S. The van der Waals surface area contributed by atoms with Crippen molar-refractivity contribution < 1.29 is 13.2 Å². The molecule has 0 aliphatic heterocycles. The fourth-order valence-corrected chi connectivity index (χ4v) is 3.97. The van der Waals surface area contributed by atoms with Gasteiger partial charge in [0.2, 0.25) is 0 Å². The van der Waals surface area contributed by atoms with Crippen LogP contribution < -0.4 is 10.0 Å². The molecule has 0 heterocycles. The van der Waals surface area contributed by atoms with Gasteiger partial charge >= 0.3 is 0 Å². The highest BCUT2D eigenvalue weighted by Crippen LogP contribution is 2.21. The van der Waals surface area contributed by atoms with Crippen molar-refractivity contribution in [1.82, 2.24) is 0 Å². The van der Waals surface area contributed by atoms with E-state index in [0.29, 0.717) is 16.9 Å². The zero-order valence-electron chi connectivity index (χ0n) is 16.0. The third-order valence-corrected chi connectivity index (χ3v) is 5.71. The highest BCUT2D eigenvalue weighted by molar-refractivity contribution is 7.92. The van der Waals surface area contributed by atoms with Crippen LogP contribution >= 0.6 is 0 Å². The second kappa shape index (κ2) is 7.86. The van der Waals surface area contributed by atoms with E-state index < -0.39 is 10.0 Å². The summed E-state index contributed by atoms with van der Waals surface area (Å²) in [5.74, 6) is -0.295. The summed E-state index contributed by atoms with van der Waals surface area (Å²) in [4.78, 5) is 12.5. The Balaban J connectivity index is 1.76. The minimum Gasteiger partial charge on any atom is -0.322 e. The van der Waals surface area contributed by atoms with Gasteiger partial charge in [-0.1, -0.05) is 29.8 Å². The molecule has 0 radical (unpaired) electrons. The maximum absolute atomic E-state index is 12.6. The van der Waals surface area contributed by atoms with E-state index in [4.69, 9.17) is 0 Å². The lowest BCUT2D eigenvalue weighted by molar-refractivity contribution is 0.102. The summed E-state index contributed by atoms with van der Waals surface area (Å²) < 4.78 is 27.9. The number of amides is 1. The Morgan fingerprint density at radius 1 is 0.821 bits per heavy atom. The van der Waals surface area contributed by atoms with Crippen molar-refractivity contribution >= 4 is 27.3 Å². The normalized spacial score (nSPS) is 11.1. The minimum atomic E-state index is -3.74. The van der Waals surface area contributed by atoms with Crippen LogP contribution in [0.1, 0.15) is 27.0 Å². The first kappa shape index (κ1) is 19.6. The SMILES string of the molecule is Cc1cccc(NC(=O)c2ccc(S(=O)(=O)Nc3ccc(C)cc3C)cc2)c1. The third-order valence-electron chi connectivity index (χ3n) is 4.33. The molecule has 0 unspecified atom stereocenters. The summed E-state index contributed by atoms with van der Waals surface area (Å²) in [6.07, 6.45) is 0. The number of sulfonamides is 1. The molecule has 0 fully saturated rings. The van der Waals surface area contributed by atoms with Gasteiger partial charge in [-0.25, -0.2) is 8.42 Å². The Morgan fingerprint density at radius 2 is 1.50 bits per heavy atom. The average molecular weight is 394 g/mol. The second-order valence-electron chi connectivity index (χ2n) is 6.77. The quantitative estimate of drug-likeness (QED) is 0.661. The van der Waals surface area contributed by atoms with Crippen molar-refractivity contribution in [2.24, 2.45) is 0 Å². The van der Waals surface area contributed by atoms with Gasteiger partial charge < -0.3 is 5.32 Å². The highest BCUT2D eigenvalue weighted by atomic mass is 32.2. The molecule has 0 spiro atoms. The summed E-state index contributed by atoms with van der Waals surface area (Å²) in [6, 6.07) is 18.8. The summed E-state index contributed by atoms with van der Waals surface area (Å²) in [5, 5.41) is 2.81. The highest BCUT2D eigenvalue weighted by Gasteiger charge is 2.16. The zero-order chi connectivity index (χ0) is 20.3. The van der Waals surface area contributed by atoms with Crippen LogP contribution in [0.2, 0.25) is 0 Å². The molecule has 3 rings (SSSR count). The van der Waals surface area contributed by atoms with Crippen molar-refractivity contribution in [1.29, 1.82) is 0 Å². The van der Waals surface area contributed by atoms with E-state index in [1.165, 1.54) is 24.3 Å². The van der Waals surface area contributed by atoms with Gasteiger partial charge in [0.15, 0.2) is 0 Å². The van der Waals surface area contributed by atoms with Crippen LogP contribution in [0.15, 0.2) is 71.6 Å². The van der Waals surface area contributed by atoms with Gasteiger partial charge in [0.1, 0.15) is 0 Å². The number of anilines is 2. The van der Waals surface area contributed by atoms with E-state index in [9.17, 15) is 13.2 Å². The van der Waals surface area contributed by atoms with E-state index in [1.807, 2.05) is 51.1 Å². The number of carbonyl (C=O) groups is 1. The van der Waals surface area contributed by atoms with Gasteiger partial charge in [0.25, 0.3) is 15.9 Å². The first-order valence-corrected chi connectivity index (χ1v) is 10.3. The van der Waals surface area contributed by atoms with Crippen LogP contribution in [-0.4, -0.2) is 14.3 Å². The number of rotatable bonds is 5. The van der Waals surface area contributed by atoms with Crippen LogP contribution in [0.3, 0.4) is 0 Å². The largest absolute Gasteiger partial charge is 0.322 e. The van der Waals surface area contributed by atoms with Gasteiger partial charge in [-0.2, -0.15) is 0 Å². The fourth-order valence-electron chi connectivity index (χ4n) is 2.84. The van der Waals surface area contributed by atoms with E-state index in [2.05, 4.69) is 10.0 Å². The van der Waals surface area contributed by atoms with Gasteiger partial charge in [-0.05, 0) is 74.4 Å². The second-order valence-corrected chi connectivity index (χ2v) is 8.45. The molecule has 5 nitrogen and oxygen atoms in total. The van der Waals surface area contributed by atoms with E-state index in [-0.39, 0.29) is 10.8 Å². The van der Waals surface area contributed by atoms with Crippen molar-refractivity contribution in [2.45, 2.75) is 25.7 Å². The number of benzene rings is 3. The maximum Gasteiger partial charge on any atom is 0.261 e. The Labute approximate surface area is 165 Å². The van der Waals surface area contributed by atoms with Gasteiger partial charge in [-0.3, -0.25) is 9.52 Å². The molecule has 1 amide bonds. The summed E-state index contributed by atoms with van der Waals surface area (Å²) in [5.41, 5.74) is 4.55. The van der Waals surface area contributed by atoms with Crippen molar-refractivity contribution in [3.8, 4) is 0 Å². The lowest BCUT2D eigenvalue weighted by Gasteiger charge is -2.12. The standard InChI is InChI=1S/C22H22N2O3S/c1-15-5-4-6-19(14-15)23-22(25)18-8-10-20(11-9-18)28(26,27)24-21-12-7-16(2)13-17(21)3/h4-14,24H,1-3H3,(H,23,25). The Bertz CT molecular complexity index is 1120. The summed E-state index contributed by atoms with van der Waals surface area (Å²) in [6.45, 7) is 5.74. The Hall–Kier alpha value is -3.12. The molecule has 3 aromatic carbocycles. The molecule has 0 saturated carbocycles. The van der Waals surface area contributed by atoms with Crippen molar-refractivity contribution in [2.75, 3.05) is 10.0 Å². The molecule has 0 aliphatic carbocycles. The van der Waals surface area contributed by atoms with Crippen molar-refractivity contribution in [3.63, 3.8) is 0 Å². The first-order valence-electron chi connectivity index (χ1n) is 8.83. The number of nitrogens with one attached hydrogen (secondary N) is 2. The smallest absolute Gasteiger partial charge is 0.261 e. The Kier molecular flexibility index (Phi) is 5.51. The molecule has 0 atom stereocenters. The average Bonchev–Trinajstić information content (AvgIpc) is 2.64. The molecule has 0 aromatic heterocycles. The fraction of sp³-hybridized carbons (Fsp3) is 0.136. The lowest BCUT2D eigenvalue weighted by atomic mass is 10.1. The van der Waals surface area contributed by atoms with E-state index >= 15 is 0 Å². The minimum absolute atomic E-state index is 0.0968. The molecule has 0 saturated heterocycles. The van der Waals surface area contributed by atoms with Crippen LogP contribution in [0, 0.1) is 20.8 Å². The lowest BCUT2D eigenvalue weighted by Crippen LogP contribution is -2.15. The summed E-state index contributed by atoms with van der Waals surface area (Å²) >= 11 is 0. The van der Waals surface area contributed by atoms with Crippen LogP contribution in [-0.2, 0) is 10.0 Å². The number of hydrogen-bond acceptors (Lipinski definition) is 3. The van der Waals surface area contributed by atoms with Crippen molar-refractivity contribution in [3.05, 3.63) is 89.0 Å². The maximum atomic E-state index is 12.6. The van der Waals surface area contributed by atoms with Gasteiger partial charge in [-0.15, -0.1) is 0 Å². The van der Waals surface area contributed by atoms with Gasteiger partial charge in [0.05, 0.1) is 10.6 Å². The number of hydrogen-bond donors (Lipinski definition) is 2. The van der Waals surface area contributed by atoms with Crippen LogP contribution in [0.25, 0.3) is 0 Å². The predicted octanol–water partition coefficient (Wildman–Crippen LogP) is 4.66. The molecule has 0 aliphatic rings. The van der Waals surface area contributed by atoms with Crippen LogP contribution in [0.4, 0.5) is 11.4 Å². The monoisotopic (exact) mass is 394 g/mol. The number of aryl methyl sites for hydroxylation is 3. The van der Waals surface area contributed by atoms with Crippen LogP contribution in [0.5, 0.6) is 0 Å². The molecular weight excluding hydrogens is 372 g/mol. The topological polar surface area (TPSA) is 75.3 Å². The predicted molar refractivity (Wildman–Crippen MR) is 112 cm³/mol. The van der Waals surface area contributed by atoms with E-state index in [0.717, 1.165) is 16.7 Å². The molecule has 144 valence electrons. The number of carbonyl (C=O) groups excluding carboxylic acids is 1. The molecule has 28 heavy (non-hydrogen) atoms. The van der Waals surface area contributed by atoms with Gasteiger partial charge in [0, 0.05) is 11.3 Å². The molecule has 0 bridgehead atoms. The first-order chi connectivity index (χ1) is 13.2. The molecule has 2 N–H and O–H groups in total. The molecule has 6 heteroatoms. The van der Waals surface area contributed by atoms with E-state index in [1.54, 1.807) is 12.1 Å².